The lowest BCUT2D eigenvalue weighted by Crippen LogP contribution is -2.37. The molecule has 0 amide bonds. The quantitative estimate of drug-likeness (QED) is 0.246. The van der Waals surface area contributed by atoms with Gasteiger partial charge < -0.3 is 42.7 Å². The Labute approximate surface area is 145 Å². The fourth-order valence-corrected chi connectivity index (χ4v) is 0. The average Bonchev–Trinajstić information content (AvgIpc) is 2.24. The highest BCUT2D eigenvalue weighted by Crippen LogP contribution is 1.44. The van der Waals surface area contributed by atoms with Crippen LogP contribution in [0.2, 0.25) is 0 Å². The van der Waals surface area contributed by atoms with Gasteiger partial charge >= 0.3 is 0 Å². The molecule has 0 saturated carbocycles. The number of nitrogens with two attached hydrogens (primary N) is 3. The van der Waals surface area contributed by atoms with Gasteiger partial charge in [0.2, 0.25) is 0 Å². The van der Waals surface area contributed by atoms with Gasteiger partial charge in [-0.1, -0.05) is 0 Å². The highest BCUT2D eigenvalue weighted by molar-refractivity contribution is 5.63. The average molecular weight is 375 g/mol. The van der Waals surface area contributed by atoms with Crippen LogP contribution < -0.4 is 17.2 Å². The summed E-state index contributed by atoms with van der Waals surface area (Å²) in [6, 6.07) is 0. The van der Waals surface area contributed by atoms with Gasteiger partial charge in [-0.05, 0) is 0 Å². The summed E-state index contributed by atoms with van der Waals surface area (Å²) in [6.45, 7) is 5.78. The van der Waals surface area contributed by atoms with Crippen molar-refractivity contribution >= 4 is 29.8 Å². The lowest BCUT2D eigenvalue weighted by atomic mass is 10.6. The van der Waals surface area contributed by atoms with Gasteiger partial charge in [0.25, 0.3) is 29.8 Å². The Kier molecular flexibility index (Phi) is 50.2. The Morgan fingerprint density at radius 3 is 0.640 bits per heavy atom. The van der Waals surface area contributed by atoms with Gasteiger partial charge in [0.05, 0.1) is 6.17 Å². The molecule has 0 fully saturated rings. The Morgan fingerprint density at radius 1 is 0.600 bits per heavy atom. The molecular formula is C12H29N3O10. The second-order valence-corrected chi connectivity index (χ2v) is 3.49. The third-order valence-corrected chi connectivity index (χ3v) is 0.272. The molecule has 13 nitrogen and oxygen atoms in total. The fourth-order valence-electron chi connectivity index (χ4n) is 0. The Balaban J connectivity index is -0.0000000434. The number of hydrogen-bond donors (Lipinski definition) is 8. The Bertz CT molecular complexity index is 269. The third-order valence-electron chi connectivity index (χ3n) is 0.272. The maximum absolute atomic E-state index is 9.00. The van der Waals surface area contributed by atoms with Gasteiger partial charge in [-0.2, -0.15) is 0 Å². The molecule has 11 N–H and O–H groups in total. The van der Waals surface area contributed by atoms with Crippen LogP contribution in [0.4, 0.5) is 0 Å². The van der Waals surface area contributed by atoms with E-state index in [1.54, 1.807) is 0 Å². The first-order valence-electron chi connectivity index (χ1n) is 6.12. The number of carbonyl (C=O) groups is 5. The summed E-state index contributed by atoms with van der Waals surface area (Å²) in [5.74, 6) is -4.17. The molecular weight excluding hydrogens is 346 g/mol. The number of carboxylic acids is 5. The van der Waals surface area contributed by atoms with Crippen molar-refractivity contribution in [1.29, 1.82) is 0 Å². The molecule has 0 spiro atoms. The molecule has 0 heterocycles. The lowest BCUT2D eigenvalue weighted by molar-refractivity contribution is -0.135. The minimum absolute atomic E-state index is 0.338. The maximum Gasteiger partial charge on any atom is 0.300 e. The number of rotatable bonds is 1. The minimum Gasteiger partial charge on any atom is -0.481 e. The molecule has 0 aromatic rings. The highest BCUT2D eigenvalue weighted by atomic mass is 16.4. The zero-order valence-corrected chi connectivity index (χ0v) is 14.8. The Hall–Kier alpha value is -2.77. The molecule has 0 aliphatic rings. The molecule has 0 aliphatic heterocycles. The van der Waals surface area contributed by atoms with Crippen molar-refractivity contribution in [2.24, 2.45) is 17.2 Å². The largest absolute Gasteiger partial charge is 0.481 e. The molecule has 152 valence electrons. The van der Waals surface area contributed by atoms with E-state index in [4.69, 9.17) is 66.7 Å². The second-order valence-electron chi connectivity index (χ2n) is 3.49. The van der Waals surface area contributed by atoms with Gasteiger partial charge in [-0.3, -0.25) is 24.0 Å². The van der Waals surface area contributed by atoms with Crippen LogP contribution in [0.3, 0.4) is 0 Å². The fraction of sp³-hybridized carbons (Fsp3) is 0.583. The van der Waals surface area contributed by atoms with E-state index in [9.17, 15) is 0 Å². The van der Waals surface area contributed by atoms with Crippen LogP contribution in [0.5, 0.6) is 0 Å². The van der Waals surface area contributed by atoms with Crippen LogP contribution in [0, 0.1) is 0 Å². The van der Waals surface area contributed by atoms with Gasteiger partial charge in [0.1, 0.15) is 0 Å². The first-order chi connectivity index (χ1) is 10.9. The first-order valence-corrected chi connectivity index (χ1v) is 6.12. The molecule has 0 aliphatic carbocycles. The van der Waals surface area contributed by atoms with Gasteiger partial charge in [0.15, 0.2) is 0 Å². The molecule has 13 heteroatoms. The maximum atomic E-state index is 9.00. The molecule has 0 radical (unpaired) electrons. The van der Waals surface area contributed by atoms with Crippen molar-refractivity contribution in [3.63, 3.8) is 0 Å². The van der Waals surface area contributed by atoms with Gasteiger partial charge in [-0.15, -0.1) is 0 Å². The highest BCUT2D eigenvalue weighted by Gasteiger charge is 1.79. The van der Waals surface area contributed by atoms with Crippen LogP contribution in [-0.2, 0) is 24.0 Å². The molecule has 25 heavy (non-hydrogen) atoms. The predicted octanol–water partition coefficient (Wildman–Crippen LogP) is -1.36. The number of hydrogen-bond acceptors (Lipinski definition) is 8. The summed E-state index contributed by atoms with van der Waals surface area (Å²) < 4.78 is 0. The summed E-state index contributed by atoms with van der Waals surface area (Å²) >= 11 is 0. The molecule has 0 atom stereocenters. The molecule has 0 saturated heterocycles. The summed E-state index contributed by atoms with van der Waals surface area (Å²) in [7, 11) is 0. The summed E-state index contributed by atoms with van der Waals surface area (Å²) in [5.41, 5.74) is 14.8. The zero-order chi connectivity index (χ0) is 22.2. The predicted molar refractivity (Wildman–Crippen MR) is 87.8 cm³/mol. The SMILES string of the molecule is CC(=O)O.CC(=O)O.CC(=O)O.CC(=O)O.CC(=O)O.NCC(N)N. The van der Waals surface area contributed by atoms with Crippen molar-refractivity contribution in [2.45, 2.75) is 40.8 Å². The smallest absolute Gasteiger partial charge is 0.300 e. The first kappa shape index (κ1) is 38.0. The lowest BCUT2D eigenvalue weighted by Gasteiger charge is -1.93. The van der Waals surface area contributed by atoms with Gasteiger partial charge in [0, 0.05) is 41.2 Å². The third kappa shape index (κ3) is 13200. The molecule has 0 aromatic carbocycles. The van der Waals surface area contributed by atoms with E-state index in [-0.39, 0.29) is 6.17 Å². The van der Waals surface area contributed by atoms with Crippen molar-refractivity contribution in [3.8, 4) is 0 Å². The van der Waals surface area contributed by atoms with Crippen molar-refractivity contribution in [2.75, 3.05) is 6.54 Å². The minimum atomic E-state index is -0.833. The van der Waals surface area contributed by atoms with Crippen molar-refractivity contribution in [3.05, 3.63) is 0 Å². The number of carboxylic acid groups (broad SMARTS) is 5. The van der Waals surface area contributed by atoms with Crippen molar-refractivity contribution < 1.29 is 49.5 Å². The van der Waals surface area contributed by atoms with Crippen LogP contribution in [-0.4, -0.2) is 68.1 Å². The topological polar surface area (TPSA) is 265 Å². The van der Waals surface area contributed by atoms with Crippen LogP contribution >= 0.6 is 0 Å². The van der Waals surface area contributed by atoms with E-state index in [2.05, 4.69) is 0 Å². The summed E-state index contributed by atoms with van der Waals surface area (Å²) in [5, 5.41) is 37.1. The molecule has 0 unspecified atom stereocenters. The van der Waals surface area contributed by atoms with E-state index >= 15 is 0 Å². The van der Waals surface area contributed by atoms with E-state index < -0.39 is 29.8 Å². The normalized spacial score (nSPS) is 6.92. The summed E-state index contributed by atoms with van der Waals surface area (Å²) in [4.78, 5) is 45.0. The Morgan fingerprint density at radius 2 is 0.640 bits per heavy atom. The molecule has 0 aromatic heterocycles. The van der Waals surface area contributed by atoms with Crippen LogP contribution in [0.15, 0.2) is 0 Å². The van der Waals surface area contributed by atoms with Crippen LogP contribution in [0.25, 0.3) is 0 Å². The summed E-state index contributed by atoms with van der Waals surface area (Å²) in [6.07, 6.45) is -0.338. The van der Waals surface area contributed by atoms with Crippen molar-refractivity contribution in [1.82, 2.24) is 0 Å². The molecule has 0 rings (SSSR count). The van der Waals surface area contributed by atoms with E-state index in [1.807, 2.05) is 0 Å². The van der Waals surface area contributed by atoms with E-state index in [0.29, 0.717) is 6.54 Å². The standard InChI is InChI=1S/C2H9N3.5C2H4O2/c3-1-2(4)5;5*1-2(3)4/h2H,1,3-5H2;5*1H3,(H,3,4). The zero-order valence-electron chi connectivity index (χ0n) is 14.8. The van der Waals surface area contributed by atoms with Gasteiger partial charge in [-0.25, -0.2) is 0 Å². The van der Waals surface area contributed by atoms with E-state index in [1.165, 1.54) is 0 Å². The van der Waals surface area contributed by atoms with Crippen LogP contribution in [0.1, 0.15) is 34.6 Å². The monoisotopic (exact) mass is 375 g/mol. The number of aliphatic carboxylic acids is 5. The molecule has 0 bridgehead atoms. The second kappa shape index (κ2) is 33.0. The van der Waals surface area contributed by atoms with E-state index in [0.717, 1.165) is 34.6 Å².